The molecule has 1 heterocycles. The van der Waals surface area contributed by atoms with Gasteiger partial charge in [-0.25, -0.2) is 13.1 Å². The van der Waals surface area contributed by atoms with Gasteiger partial charge in [-0.3, -0.25) is 5.10 Å². The minimum absolute atomic E-state index is 0.230. The molecule has 0 bridgehead atoms. The van der Waals surface area contributed by atoms with Crippen LogP contribution in [-0.4, -0.2) is 18.6 Å². The number of aryl methyl sites for hydroxylation is 1. The average Bonchev–Trinajstić information content (AvgIpc) is 2.80. The van der Waals surface area contributed by atoms with Gasteiger partial charge in [-0.2, -0.15) is 5.10 Å². The zero-order chi connectivity index (χ0) is 14.0. The summed E-state index contributed by atoms with van der Waals surface area (Å²) in [5.41, 5.74) is 1.78. The second-order valence-electron chi connectivity index (χ2n) is 4.31. The molecule has 1 aromatic carbocycles. The number of sulfonamides is 1. The summed E-state index contributed by atoms with van der Waals surface area (Å²) in [4.78, 5) is 0.230. The molecule has 0 aliphatic carbocycles. The molecule has 2 N–H and O–H groups in total. The first kappa shape index (κ1) is 14.2. The molecule has 19 heavy (non-hydrogen) atoms. The number of nitrogens with zero attached hydrogens (tertiary/aromatic N) is 1. The molecule has 0 spiro atoms. The van der Waals surface area contributed by atoms with Crippen molar-refractivity contribution in [2.45, 2.75) is 24.8 Å². The van der Waals surface area contributed by atoms with Crippen LogP contribution in [-0.2, 0) is 10.0 Å². The Balaban J connectivity index is 2.28. The minimum atomic E-state index is -3.57. The van der Waals surface area contributed by atoms with Gasteiger partial charge in [0.2, 0.25) is 10.0 Å². The third kappa shape index (κ3) is 3.23. The predicted molar refractivity (Wildman–Crippen MR) is 76.2 cm³/mol. The van der Waals surface area contributed by atoms with Crippen LogP contribution in [0.2, 0.25) is 0 Å². The highest BCUT2D eigenvalue weighted by molar-refractivity contribution is 9.10. The summed E-state index contributed by atoms with van der Waals surface area (Å²) in [6, 6.07) is 4.78. The van der Waals surface area contributed by atoms with E-state index in [1.54, 1.807) is 37.5 Å². The molecule has 0 saturated heterocycles. The Morgan fingerprint density at radius 1 is 1.42 bits per heavy atom. The van der Waals surface area contributed by atoms with Crippen molar-refractivity contribution < 1.29 is 8.42 Å². The van der Waals surface area contributed by atoms with E-state index < -0.39 is 10.0 Å². The maximum Gasteiger partial charge on any atom is 0.242 e. The molecule has 0 radical (unpaired) electrons. The van der Waals surface area contributed by atoms with Gasteiger partial charge < -0.3 is 0 Å². The minimum Gasteiger partial charge on any atom is -0.285 e. The van der Waals surface area contributed by atoms with Gasteiger partial charge in [0, 0.05) is 22.3 Å². The molecule has 0 fully saturated rings. The van der Waals surface area contributed by atoms with Crippen molar-refractivity contribution >= 4 is 26.0 Å². The van der Waals surface area contributed by atoms with Crippen molar-refractivity contribution in [3.05, 3.63) is 46.2 Å². The highest BCUT2D eigenvalue weighted by atomic mass is 79.9. The van der Waals surface area contributed by atoms with Crippen LogP contribution in [0.1, 0.15) is 24.1 Å². The highest BCUT2D eigenvalue weighted by Crippen LogP contribution is 2.24. The van der Waals surface area contributed by atoms with Crippen molar-refractivity contribution in [1.82, 2.24) is 14.9 Å². The van der Waals surface area contributed by atoms with Gasteiger partial charge in [-0.1, -0.05) is 6.07 Å². The number of aromatic amines is 1. The first-order valence-electron chi connectivity index (χ1n) is 5.67. The normalized spacial score (nSPS) is 13.4. The Bertz CT molecular complexity index is 668. The predicted octanol–water partition coefficient (Wildman–Crippen LogP) is 2.52. The van der Waals surface area contributed by atoms with Crippen LogP contribution < -0.4 is 4.72 Å². The fraction of sp³-hybridized carbons (Fsp3) is 0.250. The summed E-state index contributed by atoms with van der Waals surface area (Å²) < 4.78 is 27.8. The number of hydrogen-bond acceptors (Lipinski definition) is 3. The summed E-state index contributed by atoms with van der Waals surface area (Å²) in [5.74, 6) is 0. The first-order valence-corrected chi connectivity index (χ1v) is 7.95. The van der Waals surface area contributed by atoms with Crippen LogP contribution in [0.25, 0.3) is 0 Å². The lowest BCUT2D eigenvalue weighted by Crippen LogP contribution is -2.27. The third-order valence-corrected chi connectivity index (χ3v) is 5.25. The van der Waals surface area contributed by atoms with Crippen LogP contribution in [0, 0.1) is 6.92 Å². The quantitative estimate of drug-likeness (QED) is 0.895. The van der Waals surface area contributed by atoms with Crippen molar-refractivity contribution in [2.24, 2.45) is 0 Å². The SMILES string of the molecule is Cc1ccc(S(=O)(=O)NC(C)c2cn[nH]c2)c(Br)c1. The van der Waals surface area contributed by atoms with E-state index in [4.69, 9.17) is 0 Å². The molecule has 1 aromatic heterocycles. The molecule has 1 atom stereocenters. The van der Waals surface area contributed by atoms with Crippen LogP contribution in [0.5, 0.6) is 0 Å². The summed E-state index contributed by atoms with van der Waals surface area (Å²) in [6.07, 6.45) is 3.26. The second-order valence-corrected chi connectivity index (χ2v) is 6.85. The van der Waals surface area contributed by atoms with Gasteiger partial charge in [-0.05, 0) is 47.5 Å². The zero-order valence-electron chi connectivity index (χ0n) is 10.5. The van der Waals surface area contributed by atoms with Crippen molar-refractivity contribution in [2.75, 3.05) is 0 Å². The Morgan fingerprint density at radius 2 is 2.16 bits per heavy atom. The Labute approximate surface area is 120 Å². The second kappa shape index (κ2) is 5.44. The number of rotatable bonds is 4. The molecule has 5 nitrogen and oxygen atoms in total. The van der Waals surface area contributed by atoms with Crippen LogP contribution >= 0.6 is 15.9 Å². The Morgan fingerprint density at radius 3 is 2.74 bits per heavy atom. The molecule has 102 valence electrons. The molecular formula is C12H14BrN3O2S. The van der Waals surface area contributed by atoms with Crippen LogP contribution in [0.15, 0.2) is 40.0 Å². The fourth-order valence-corrected chi connectivity index (χ4v) is 4.11. The van der Waals surface area contributed by atoms with Gasteiger partial charge >= 0.3 is 0 Å². The van der Waals surface area contributed by atoms with E-state index in [2.05, 4.69) is 30.8 Å². The number of nitrogens with one attached hydrogen (secondary N) is 2. The topological polar surface area (TPSA) is 74.8 Å². The van der Waals surface area contributed by atoms with Gasteiger partial charge in [0.25, 0.3) is 0 Å². The van der Waals surface area contributed by atoms with Crippen LogP contribution in [0.3, 0.4) is 0 Å². The van der Waals surface area contributed by atoms with Crippen molar-refractivity contribution in [1.29, 1.82) is 0 Å². The monoisotopic (exact) mass is 343 g/mol. The largest absolute Gasteiger partial charge is 0.285 e. The molecule has 2 rings (SSSR count). The van der Waals surface area contributed by atoms with Crippen molar-refractivity contribution in [3.63, 3.8) is 0 Å². The van der Waals surface area contributed by atoms with Gasteiger partial charge in [-0.15, -0.1) is 0 Å². The smallest absolute Gasteiger partial charge is 0.242 e. The maximum atomic E-state index is 12.3. The van der Waals surface area contributed by atoms with E-state index >= 15 is 0 Å². The number of halogens is 1. The lowest BCUT2D eigenvalue weighted by atomic mass is 10.2. The van der Waals surface area contributed by atoms with Gasteiger partial charge in [0.1, 0.15) is 0 Å². The van der Waals surface area contributed by atoms with E-state index in [1.165, 1.54) is 0 Å². The van der Waals surface area contributed by atoms with E-state index in [-0.39, 0.29) is 10.9 Å². The van der Waals surface area contributed by atoms with Gasteiger partial charge in [0.05, 0.1) is 11.1 Å². The molecule has 0 aliphatic rings. The Kier molecular flexibility index (Phi) is 4.07. The molecule has 0 amide bonds. The van der Waals surface area contributed by atoms with Crippen molar-refractivity contribution in [3.8, 4) is 0 Å². The summed E-state index contributed by atoms with van der Waals surface area (Å²) >= 11 is 3.28. The summed E-state index contributed by atoms with van der Waals surface area (Å²) in [7, 11) is -3.57. The standard InChI is InChI=1S/C12H14BrN3O2S/c1-8-3-4-12(11(13)5-8)19(17,18)16-9(2)10-6-14-15-7-10/h3-7,9,16H,1-2H3,(H,14,15). The number of benzene rings is 1. The van der Waals surface area contributed by atoms with E-state index in [9.17, 15) is 8.42 Å². The highest BCUT2D eigenvalue weighted by Gasteiger charge is 2.21. The molecule has 0 aliphatic heterocycles. The lowest BCUT2D eigenvalue weighted by Gasteiger charge is -2.14. The van der Waals surface area contributed by atoms with E-state index in [0.717, 1.165) is 11.1 Å². The van der Waals surface area contributed by atoms with Gasteiger partial charge in [0.15, 0.2) is 0 Å². The molecule has 1 unspecified atom stereocenters. The molecule has 7 heteroatoms. The number of H-pyrrole nitrogens is 1. The Hall–Kier alpha value is -1.18. The third-order valence-electron chi connectivity index (χ3n) is 2.73. The van der Waals surface area contributed by atoms with E-state index in [0.29, 0.717) is 4.47 Å². The fourth-order valence-electron chi connectivity index (χ4n) is 1.69. The summed E-state index contributed by atoms with van der Waals surface area (Å²) in [6.45, 7) is 3.67. The number of hydrogen-bond donors (Lipinski definition) is 2. The molecular weight excluding hydrogens is 330 g/mol. The maximum absolute atomic E-state index is 12.3. The average molecular weight is 344 g/mol. The first-order chi connectivity index (χ1) is 8.90. The lowest BCUT2D eigenvalue weighted by molar-refractivity contribution is 0.566. The zero-order valence-corrected chi connectivity index (χ0v) is 12.9. The molecule has 0 saturated carbocycles. The number of aromatic nitrogens is 2. The van der Waals surface area contributed by atoms with E-state index in [1.807, 2.05) is 6.92 Å². The molecule has 2 aromatic rings. The summed E-state index contributed by atoms with van der Waals surface area (Å²) in [5, 5.41) is 6.47. The van der Waals surface area contributed by atoms with Crippen LogP contribution in [0.4, 0.5) is 0 Å².